The van der Waals surface area contributed by atoms with Crippen molar-refractivity contribution in [2.45, 2.75) is 51.4 Å². The number of imide groups is 1. The molecule has 0 saturated carbocycles. The average Bonchev–Trinajstić information content (AvgIpc) is 2.93. The number of fused-ring (bicyclic) bond motifs is 1. The summed E-state index contributed by atoms with van der Waals surface area (Å²) in [5.74, 6) is -0.769. The average molecular weight is 358 g/mol. The molecule has 2 unspecified atom stereocenters. The second kappa shape index (κ2) is 7.55. The first-order chi connectivity index (χ1) is 12.4. The molecule has 140 valence electrons. The Morgan fingerprint density at radius 2 is 2.12 bits per heavy atom. The zero-order chi connectivity index (χ0) is 18.8. The quantitative estimate of drug-likeness (QED) is 0.727. The fourth-order valence-corrected chi connectivity index (χ4v) is 3.71. The van der Waals surface area contributed by atoms with Crippen LogP contribution in [-0.2, 0) is 22.7 Å². The Bertz CT molecular complexity index is 733. The molecule has 3 N–H and O–H groups in total. The Kier molecular flexibility index (Phi) is 5.38. The summed E-state index contributed by atoms with van der Waals surface area (Å²) in [6.07, 6.45) is 1.54. The number of carbonyl (C=O) groups excluding carboxylic acids is 3. The Morgan fingerprint density at radius 1 is 1.35 bits per heavy atom. The minimum absolute atomic E-state index is 0.120. The zero-order valence-corrected chi connectivity index (χ0v) is 15.3. The number of nitrogens with zero attached hydrogens (tertiary/aromatic N) is 2. The van der Waals surface area contributed by atoms with E-state index in [0.717, 1.165) is 17.5 Å². The van der Waals surface area contributed by atoms with Crippen LogP contribution in [0.2, 0.25) is 0 Å². The number of amides is 3. The molecule has 1 fully saturated rings. The topological polar surface area (TPSA) is 95.7 Å². The van der Waals surface area contributed by atoms with E-state index >= 15 is 0 Å². The van der Waals surface area contributed by atoms with Crippen molar-refractivity contribution in [2.24, 2.45) is 5.73 Å². The van der Waals surface area contributed by atoms with Gasteiger partial charge in [-0.3, -0.25) is 24.6 Å². The van der Waals surface area contributed by atoms with Crippen molar-refractivity contribution in [3.63, 3.8) is 0 Å². The van der Waals surface area contributed by atoms with Crippen molar-refractivity contribution in [3.8, 4) is 0 Å². The lowest BCUT2D eigenvalue weighted by Crippen LogP contribution is -2.52. The van der Waals surface area contributed by atoms with E-state index in [1.54, 1.807) is 4.90 Å². The van der Waals surface area contributed by atoms with Crippen LogP contribution in [0.5, 0.6) is 0 Å². The molecule has 0 aromatic heterocycles. The highest BCUT2D eigenvalue weighted by Gasteiger charge is 2.40. The highest BCUT2D eigenvalue weighted by atomic mass is 16.2. The number of benzene rings is 1. The first kappa shape index (κ1) is 18.5. The fourth-order valence-electron chi connectivity index (χ4n) is 3.71. The lowest BCUT2D eigenvalue weighted by Gasteiger charge is -2.29. The van der Waals surface area contributed by atoms with Gasteiger partial charge in [0.25, 0.3) is 5.91 Å². The van der Waals surface area contributed by atoms with Crippen molar-refractivity contribution in [1.82, 2.24) is 15.1 Å². The number of carbonyl (C=O) groups is 3. The Labute approximate surface area is 153 Å². The van der Waals surface area contributed by atoms with E-state index < -0.39 is 6.04 Å². The Balaban J connectivity index is 1.80. The van der Waals surface area contributed by atoms with E-state index in [2.05, 4.69) is 17.1 Å². The summed E-state index contributed by atoms with van der Waals surface area (Å²) < 4.78 is 0. The van der Waals surface area contributed by atoms with Crippen molar-refractivity contribution in [3.05, 3.63) is 34.9 Å². The van der Waals surface area contributed by atoms with Gasteiger partial charge in [-0.1, -0.05) is 18.2 Å². The molecule has 1 aromatic rings. The predicted molar refractivity (Wildman–Crippen MR) is 97.1 cm³/mol. The lowest BCUT2D eigenvalue weighted by molar-refractivity contribution is -0.136. The van der Waals surface area contributed by atoms with E-state index in [1.807, 2.05) is 25.2 Å². The van der Waals surface area contributed by atoms with Gasteiger partial charge in [0.1, 0.15) is 6.04 Å². The van der Waals surface area contributed by atoms with Crippen LogP contribution in [0, 0.1) is 0 Å². The molecule has 7 heteroatoms. The van der Waals surface area contributed by atoms with Crippen LogP contribution in [0.1, 0.15) is 47.7 Å². The number of rotatable bonds is 6. The summed E-state index contributed by atoms with van der Waals surface area (Å²) in [4.78, 5) is 40.4. The van der Waals surface area contributed by atoms with Gasteiger partial charge in [0, 0.05) is 31.1 Å². The van der Waals surface area contributed by atoms with Crippen molar-refractivity contribution in [2.75, 3.05) is 13.6 Å². The molecule has 0 spiro atoms. The van der Waals surface area contributed by atoms with Crippen molar-refractivity contribution in [1.29, 1.82) is 0 Å². The molecule has 1 aromatic carbocycles. The molecule has 0 aliphatic carbocycles. The molecule has 2 atom stereocenters. The number of hydrogen-bond donors (Lipinski definition) is 2. The first-order valence-electron chi connectivity index (χ1n) is 9.08. The van der Waals surface area contributed by atoms with Crippen LogP contribution in [0.25, 0.3) is 0 Å². The molecule has 3 rings (SSSR count). The molecule has 1 saturated heterocycles. The van der Waals surface area contributed by atoms with E-state index in [0.29, 0.717) is 37.7 Å². The number of nitrogens with two attached hydrogens (primary N) is 1. The molecule has 0 bridgehead atoms. The minimum Gasteiger partial charge on any atom is -0.330 e. The van der Waals surface area contributed by atoms with E-state index in [-0.39, 0.29) is 24.1 Å². The lowest BCUT2D eigenvalue weighted by atomic mass is 10.0. The third-order valence-electron chi connectivity index (χ3n) is 5.40. The molecule has 2 heterocycles. The molecule has 3 amide bonds. The van der Waals surface area contributed by atoms with Gasteiger partial charge < -0.3 is 10.6 Å². The Hall–Kier alpha value is -2.25. The largest absolute Gasteiger partial charge is 0.330 e. The minimum atomic E-state index is -0.575. The molecular weight excluding hydrogens is 332 g/mol. The summed E-state index contributed by atoms with van der Waals surface area (Å²) in [7, 11) is 2.02. The highest BCUT2D eigenvalue weighted by Crippen LogP contribution is 2.30. The summed E-state index contributed by atoms with van der Waals surface area (Å²) >= 11 is 0. The monoisotopic (exact) mass is 358 g/mol. The van der Waals surface area contributed by atoms with Crippen LogP contribution >= 0.6 is 0 Å². The first-order valence-corrected chi connectivity index (χ1v) is 9.08. The van der Waals surface area contributed by atoms with Crippen molar-refractivity contribution < 1.29 is 14.4 Å². The van der Waals surface area contributed by atoms with Gasteiger partial charge >= 0.3 is 0 Å². The third-order valence-corrected chi connectivity index (χ3v) is 5.40. The molecule has 2 aliphatic rings. The standard InChI is InChI=1S/C19H26N4O3/c1-12(8-9-20)22(2)10-13-4-3-5-14-11-23(19(26)17(13)14)15-6-7-16(24)21-18(15)25/h3-5,12,15H,6-11,20H2,1-2H3,(H,21,24,25). The van der Waals surface area contributed by atoms with Crippen molar-refractivity contribution >= 4 is 17.7 Å². The van der Waals surface area contributed by atoms with Crippen LogP contribution in [0.4, 0.5) is 0 Å². The van der Waals surface area contributed by atoms with Gasteiger partial charge in [-0.25, -0.2) is 0 Å². The summed E-state index contributed by atoms with van der Waals surface area (Å²) in [5, 5.41) is 2.34. The van der Waals surface area contributed by atoms with E-state index in [9.17, 15) is 14.4 Å². The van der Waals surface area contributed by atoms with Crippen LogP contribution in [0.3, 0.4) is 0 Å². The molecule has 7 nitrogen and oxygen atoms in total. The maximum Gasteiger partial charge on any atom is 0.255 e. The second-order valence-electron chi connectivity index (χ2n) is 7.19. The molecular formula is C19H26N4O3. The normalized spacial score (nSPS) is 21.2. The SMILES string of the molecule is CC(CCN)N(C)Cc1cccc2c1C(=O)N(C1CCC(=O)NC1=O)C2. The van der Waals surface area contributed by atoms with Gasteiger partial charge in [-0.2, -0.15) is 0 Å². The van der Waals surface area contributed by atoms with Crippen LogP contribution in [0.15, 0.2) is 18.2 Å². The van der Waals surface area contributed by atoms with Gasteiger partial charge in [0.05, 0.1) is 0 Å². The van der Waals surface area contributed by atoms with Crippen LogP contribution in [-0.4, -0.2) is 53.2 Å². The van der Waals surface area contributed by atoms with Gasteiger partial charge in [0.15, 0.2) is 0 Å². The third kappa shape index (κ3) is 3.50. The van der Waals surface area contributed by atoms with Gasteiger partial charge in [-0.15, -0.1) is 0 Å². The summed E-state index contributed by atoms with van der Waals surface area (Å²) in [5.41, 5.74) is 8.25. The highest BCUT2D eigenvalue weighted by molar-refractivity contribution is 6.05. The fraction of sp³-hybridized carbons (Fsp3) is 0.526. The van der Waals surface area contributed by atoms with E-state index in [4.69, 9.17) is 5.73 Å². The Morgan fingerprint density at radius 3 is 2.81 bits per heavy atom. The number of nitrogens with one attached hydrogen (secondary N) is 1. The molecule has 0 radical (unpaired) electrons. The number of hydrogen-bond acceptors (Lipinski definition) is 5. The maximum atomic E-state index is 13.0. The zero-order valence-electron chi connectivity index (χ0n) is 15.3. The predicted octanol–water partition coefficient (Wildman–Crippen LogP) is 0.617. The molecule has 26 heavy (non-hydrogen) atoms. The summed E-state index contributed by atoms with van der Waals surface area (Å²) in [6.45, 7) is 3.81. The van der Waals surface area contributed by atoms with Gasteiger partial charge in [-0.05, 0) is 44.5 Å². The van der Waals surface area contributed by atoms with Crippen LogP contribution < -0.4 is 11.1 Å². The number of piperidine rings is 1. The second-order valence-corrected chi connectivity index (χ2v) is 7.19. The van der Waals surface area contributed by atoms with Gasteiger partial charge in [0.2, 0.25) is 11.8 Å². The smallest absolute Gasteiger partial charge is 0.255 e. The summed E-state index contributed by atoms with van der Waals surface area (Å²) in [6, 6.07) is 5.60. The van der Waals surface area contributed by atoms with E-state index in [1.165, 1.54) is 0 Å². The maximum absolute atomic E-state index is 13.0. The molecule has 2 aliphatic heterocycles.